The molecule has 4 nitrogen and oxygen atoms in total. The zero-order chi connectivity index (χ0) is 21.4. The van der Waals surface area contributed by atoms with Crippen molar-refractivity contribution in [2.24, 2.45) is 0 Å². The van der Waals surface area contributed by atoms with Crippen LogP contribution in [0.5, 0.6) is 11.5 Å². The number of alkyl halides is 4. The van der Waals surface area contributed by atoms with Gasteiger partial charge in [-0.25, -0.2) is 8.78 Å². The van der Waals surface area contributed by atoms with Gasteiger partial charge in [0.25, 0.3) is 0 Å². The van der Waals surface area contributed by atoms with Crippen LogP contribution in [0.1, 0.15) is 21.5 Å². The van der Waals surface area contributed by atoms with Crippen molar-refractivity contribution in [2.45, 2.75) is 19.0 Å². The van der Waals surface area contributed by atoms with Gasteiger partial charge < -0.3 is 14.2 Å². The molecule has 2 rings (SSSR count). The van der Waals surface area contributed by atoms with E-state index in [1.54, 1.807) is 42.5 Å². The Morgan fingerprint density at radius 1 is 1.07 bits per heavy atom. The van der Waals surface area contributed by atoms with E-state index in [-0.39, 0.29) is 12.4 Å². The van der Waals surface area contributed by atoms with Gasteiger partial charge in [-0.1, -0.05) is 24.3 Å². The summed E-state index contributed by atoms with van der Waals surface area (Å²) in [6, 6.07) is 11.5. The molecule has 0 amide bonds. The normalized spacial score (nSPS) is 11.8. The number of allylic oxidation sites excluding steroid dienone is 1. The molecule has 156 valence electrons. The van der Waals surface area contributed by atoms with Gasteiger partial charge in [-0.05, 0) is 35.9 Å². The lowest BCUT2D eigenvalue weighted by Gasteiger charge is -2.16. The Morgan fingerprint density at radius 3 is 2.41 bits per heavy atom. The largest absolute Gasteiger partial charge is 0.496 e. The van der Waals surface area contributed by atoms with Crippen molar-refractivity contribution in [1.29, 1.82) is 0 Å². The number of ketones is 1. The number of ether oxygens (including phenoxy) is 3. The van der Waals surface area contributed by atoms with E-state index in [1.807, 2.05) is 0 Å². The molecule has 0 aliphatic carbocycles. The van der Waals surface area contributed by atoms with Gasteiger partial charge in [0.2, 0.25) is 0 Å². The molecule has 0 aliphatic rings. The summed E-state index contributed by atoms with van der Waals surface area (Å²) in [7, 11) is 2.84. The quantitative estimate of drug-likeness (QED) is 0.312. The number of rotatable bonds is 10. The summed E-state index contributed by atoms with van der Waals surface area (Å²) < 4.78 is 65.4. The van der Waals surface area contributed by atoms with Crippen LogP contribution in [-0.2, 0) is 11.3 Å². The van der Waals surface area contributed by atoms with Crippen molar-refractivity contribution in [1.82, 2.24) is 0 Å². The fraction of sp³-hybridized carbons (Fsp3) is 0.286. The molecule has 0 N–H and O–H groups in total. The third-order valence-corrected chi connectivity index (χ3v) is 3.98. The molecule has 0 aliphatic heterocycles. The van der Waals surface area contributed by atoms with Gasteiger partial charge in [-0.2, -0.15) is 8.78 Å². The van der Waals surface area contributed by atoms with Crippen molar-refractivity contribution in [3.63, 3.8) is 0 Å². The van der Waals surface area contributed by atoms with E-state index >= 15 is 0 Å². The Labute approximate surface area is 165 Å². The van der Waals surface area contributed by atoms with E-state index in [0.29, 0.717) is 28.2 Å². The molecular weight excluding hydrogens is 392 g/mol. The molecule has 0 atom stereocenters. The Bertz CT molecular complexity index is 866. The van der Waals surface area contributed by atoms with Crippen LogP contribution in [0.2, 0.25) is 0 Å². The molecule has 0 saturated carbocycles. The lowest BCUT2D eigenvalue weighted by molar-refractivity contribution is -0.168. The van der Waals surface area contributed by atoms with Crippen LogP contribution in [0, 0.1) is 0 Å². The molecule has 8 heteroatoms. The Kier molecular flexibility index (Phi) is 7.78. The van der Waals surface area contributed by atoms with Gasteiger partial charge in [0.1, 0.15) is 18.1 Å². The maximum absolute atomic E-state index is 13.0. The van der Waals surface area contributed by atoms with Crippen LogP contribution in [0.15, 0.2) is 48.5 Å². The van der Waals surface area contributed by atoms with E-state index in [1.165, 1.54) is 26.4 Å². The highest BCUT2D eigenvalue weighted by molar-refractivity contribution is 6.08. The Hall–Kier alpha value is -2.87. The van der Waals surface area contributed by atoms with E-state index in [2.05, 4.69) is 0 Å². The molecule has 29 heavy (non-hydrogen) atoms. The highest BCUT2D eigenvalue weighted by Gasteiger charge is 2.40. The van der Waals surface area contributed by atoms with Crippen molar-refractivity contribution >= 4 is 11.9 Å². The first-order valence-corrected chi connectivity index (χ1v) is 8.54. The molecule has 0 unspecified atom stereocenters. The molecule has 0 heterocycles. The molecule has 0 bridgehead atoms. The van der Waals surface area contributed by atoms with Crippen LogP contribution in [0.4, 0.5) is 17.6 Å². The van der Waals surface area contributed by atoms with Gasteiger partial charge in [0, 0.05) is 5.56 Å². The van der Waals surface area contributed by atoms with Crippen LogP contribution in [-0.4, -0.2) is 39.0 Å². The van der Waals surface area contributed by atoms with Crippen LogP contribution in [0.25, 0.3) is 6.08 Å². The number of benzene rings is 2. The summed E-state index contributed by atoms with van der Waals surface area (Å²) in [4.78, 5) is 12.4. The average Bonchev–Trinajstić information content (AvgIpc) is 2.71. The number of para-hydroxylation sites is 1. The molecule has 0 radical (unpaired) electrons. The number of hydrogen-bond acceptors (Lipinski definition) is 4. The first kappa shape index (κ1) is 22.4. The van der Waals surface area contributed by atoms with Crippen LogP contribution in [0.3, 0.4) is 0 Å². The van der Waals surface area contributed by atoms with Crippen LogP contribution >= 0.6 is 0 Å². The third kappa shape index (κ3) is 6.05. The summed E-state index contributed by atoms with van der Waals surface area (Å²) in [6.07, 6.45) is -0.930. The maximum atomic E-state index is 13.0. The summed E-state index contributed by atoms with van der Waals surface area (Å²) in [5.74, 6) is -3.73. The second kappa shape index (κ2) is 10.1. The van der Waals surface area contributed by atoms with Gasteiger partial charge in [-0.15, -0.1) is 0 Å². The topological polar surface area (TPSA) is 44.8 Å². The van der Waals surface area contributed by atoms with Crippen molar-refractivity contribution in [3.05, 3.63) is 65.2 Å². The standard InChI is InChI=1S/C21H20F4O4/c1-27-18-10-8-14(11-15(18)12-29-13-21(24,25)20(22)23)7-9-17(26)16-5-3-4-6-19(16)28-2/h3-11,20H,12-13H2,1-2H3/b9-7+. The van der Waals surface area contributed by atoms with Crippen molar-refractivity contribution < 1.29 is 36.6 Å². The lowest BCUT2D eigenvalue weighted by Crippen LogP contribution is -2.32. The molecule has 2 aromatic carbocycles. The summed E-state index contributed by atoms with van der Waals surface area (Å²) >= 11 is 0. The minimum Gasteiger partial charge on any atom is -0.496 e. The summed E-state index contributed by atoms with van der Waals surface area (Å²) in [6.45, 7) is -1.77. The van der Waals surface area contributed by atoms with Gasteiger partial charge in [-0.3, -0.25) is 4.79 Å². The highest BCUT2D eigenvalue weighted by atomic mass is 19.3. The van der Waals surface area contributed by atoms with E-state index in [0.717, 1.165) is 0 Å². The summed E-state index contributed by atoms with van der Waals surface area (Å²) in [5.41, 5.74) is 1.34. The third-order valence-electron chi connectivity index (χ3n) is 3.98. The molecule has 0 saturated heterocycles. The zero-order valence-corrected chi connectivity index (χ0v) is 15.8. The average molecular weight is 412 g/mol. The zero-order valence-electron chi connectivity index (χ0n) is 15.8. The van der Waals surface area contributed by atoms with Gasteiger partial charge >= 0.3 is 12.3 Å². The number of methoxy groups -OCH3 is 2. The smallest absolute Gasteiger partial charge is 0.330 e. The second-order valence-electron chi connectivity index (χ2n) is 6.02. The first-order chi connectivity index (χ1) is 13.8. The maximum Gasteiger partial charge on any atom is 0.330 e. The molecule has 2 aromatic rings. The fourth-order valence-corrected chi connectivity index (χ4v) is 2.48. The van der Waals surface area contributed by atoms with Crippen LogP contribution < -0.4 is 9.47 Å². The van der Waals surface area contributed by atoms with Gasteiger partial charge in [0.05, 0.1) is 26.4 Å². The van der Waals surface area contributed by atoms with Crippen molar-refractivity contribution in [2.75, 3.05) is 20.8 Å². The molecule has 0 fully saturated rings. The summed E-state index contributed by atoms with van der Waals surface area (Å²) in [5, 5.41) is 0. The molecular formula is C21H20F4O4. The fourth-order valence-electron chi connectivity index (χ4n) is 2.48. The minimum absolute atomic E-state index is 0.285. The SMILES string of the molecule is COc1ccc(/C=C/C(=O)c2ccccc2OC)cc1COCC(F)(F)C(F)F. The van der Waals surface area contributed by atoms with E-state index in [4.69, 9.17) is 14.2 Å². The predicted molar refractivity (Wildman–Crippen MR) is 100.0 cm³/mol. The number of carbonyl (C=O) groups excluding carboxylic acids is 1. The molecule has 0 aromatic heterocycles. The number of carbonyl (C=O) groups is 1. The second-order valence-corrected chi connectivity index (χ2v) is 6.02. The lowest BCUT2D eigenvalue weighted by atomic mass is 10.1. The predicted octanol–water partition coefficient (Wildman–Crippen LogP) is 5.02. The van der Waals surface area contributed by atoms with E-state index < -0.39 is 19.0 Å². The van der Waals surface area contributed by atoms with Crippen molar-refractivity contribution in [3.8, 4) is 11.5 Å². The monoisotopic (exact) mass is 412 g/mol. The minimum atomic E-state index is -4.23. The van der Waals surface area contributed by atoms with Gasteiger partial charge in [0.15, 0.2) is 5.78 Å². The Balaban J connectivity index is 2.13. The number of hydrogen-bond donors (Lipinski definition) is 0. The number of halogens is 4. The highest BCUT2D eigenvalue weighted by Crippen LogP contribution is 2.26. The Morgan fingerprint density at radius 2 is 1.76 bits per heavy atom. The first-order valence-electron chi connectivity index (χ1n) is 8.54. The van der Waals surface area contributed by atoms with E-state index in [9.17, 15) is 22.4 Å². The molecule has 0 spiro atoms.